The van der Waals surface area contributed by atoms with Crippen molar-refractivity contribution >= 4 is 18.0 Å². The van der Waals surface area contributed by atoms with Gasteiger partial charge in [0.25, 0.3) is 0 Å². The molecule has 1 fully saturated rings. The zero-order valence-electron chi connectivity index (χ0n) is 11.9. The van der Waals surface area contributed by atoms with Gasteiger partial charge < -0.3 is 20.4 Å². The minimum atomic E-state index is -1.23. The SMILES string of the molecule is CC1(C)CCCCC1NC(=O)N(CC(=O)O)CC(=O)O. The van der Waals surface area contributed by atoms with Crippen molar-refractivity contribution in [2.75, 3.05) is 13.1 Å². The van der Waals surface area contributed by atoms with E-state index in [1.807, 2.05) is 0 Å². The fraction of sp³-hybridized carbons (Fsp3) is 0.769. The molecule has 7 nitrogen and oxygen atoms in total. The predicted octanol–water partition coefficient (Wildman–Crippen LogP) is 1.14. The summed E-state index contributed by atoms with van der Waals surface area (Å²) in [5, 5.41) is 20.3. The number of nitrogens with one attached hydrogen (secondary N) is 1. The van der Waals surface area contributed by atoms with Gasteiger partial charge in [-0.2, -0.15) is 0 Å². The van der Waals surface area contributed by atoms with Crippen molar-refractivity contribution in [3.8, 4) is 0 Å². The molecule has 0 radical (unpaired) electrons. The first-order valence-corrected chi connectivity index (χ1v) is 6.71. The molecule has 1 saturated carbocycles. The van der Waals surface area contributed by atoms with Crippen LogP contribution in [-0.2, 0) is 9.59 Å². The molecule has 0 heterocycles. The second-order valence-electron chi connectivity index (χ2n) is 5.88. The molecule has 0 aromatic heterocycles. The number of aliphatic carboxylic acids is 2. The van der Waals surface area contributed by atoms with Gasteiger partial charge in [-0.05, 0) is 18.3 Å². The molecule has 1 aliphatic rings. The second-order valence-corrected chi connectivity index (χ2v) is 5.88. The Morgan fingerprint density at radius 2 is 1.70 bits per heavy atom. The summed E-state index contributed by atoms with van der Waals surface area (Å²) < 4.78 is 0. The van der Waals surface area contributed by atoms with Gasteiger partial charge in [-0.1, -0.05) is 26.7 Å². The summed E-state index contributed by atoms with van der Waals surface area (Å²) in [6, 6.07) is -0.691. The van der Waals surface area contributed by atoms with E-state index in [4.69, 9.17) is 10.2 Å². The van der Waals surface area contributed by atoms with Gasteiger partial charge in [0.2, 0.25) is 0 Å². The molecule has 0 aliphatic heterocycles. The molecular formula is C13H22N2O5. The molecule has 7 heteroatoms. The van der Waals surface area contributed by atoms with E-state index in [0.717, 1.165) is 30.6 Å². The van der Waals surface area contributed by atoms with Gasteiger partial charge in [-0.25, -0.2) is 4.79 Å². The van der Waals surface area contributed by atoms with Crippen LogP contribution in [0.2, 0.25) is 0 Å². The number of rotatable bonds is 5. The molecule has 0 saturated heterocycles. The molecule has 3 N–H and O–H groups in total. The average Bonchev–Trinajstić information content (AvgIpc) is 2.29. The maximum absolute atomic E-state index is 12.1. The predicted molar refractivity (Wildman–Crippen MR) is 71.4 cm³/mol. The minimum Gasteiger partial charge on any atom is -0.480 e. The van der Waals surface area contributed by atoms with E-state index in [9.17, 15) is 14.4 Å². The molecule has 1 unspecified atom stereocenters. The summed E-state index contributed by atoms with van der Waals surface area (Å²) >= 11 is 0. The zero-order valence-corrected chi connectivity index (χ0v) is 11.9. The Morgan fingerprint density at radius 3 is 2.15 bits per heavy atom. The van der Waals surface area contributed by atoms with Crippen molar-refractivity contribution in [3.05, 3.63) is 0 Å². The van der Waals surface area contributed by atoms with Gasteiger partial charge in [0.05, 0.1) is 0 Å². The molecule has 0 bridgehead atoms. The standard InChI is InChI=1S/C13H22N2O5/c1-13(2)6-4-3-5-9(13)14-12(20)15(7-10(16)17)8-11(18)19/h9H,3-8H2,1-2H3,(H,14,20)(H,16,17)(H,18,19). The lowest BCUT2D eigenvalue weighted by Gasteiger charge is -2.39. The van der Waals surface area contributed by atoms with Crippen LogP contribution in [0.4, 0.5) is 4.79 Å². The largest absolute Gasteiger partial charge is 0.480 e. The highest BCUT2D eigenvalue weighted by atomic mass is 16.4. The summed E-state index contributed by atoms with van der Waals surface area (Å²) in [5.41, 5.74) is -0.0635. The quantitative estimate of drug-likeness (QED) is 0.702. The number of carboxylic acids is 2. The summed E-state index contributed by atoms with van der Waals surface area (Å²) in [6.07, 6.45) is 3.92. The minimum absolute atomic E-state index is 0.0613. The zero-order chi connectivity index (χ0) is 15.3. The lowest BCUT2D eigenvalue weighted by atomic mass is 9.73. The number of carbonyl (C=O) groups excluding carboxylic acids is 1. The summed E-state index contributed by atoms with van der Waals surface area (Å²) in [5.74, 6) is -2.46. The number of carbonyl (C=O) groups is 3. The first-order valence-electron chi connectivity index (χ1n) is 6.71. The van der Waals surface area contributed by atoms with E-state index in [-0.39, 0.29) is 11.5 Å². The lowest BCUT2D eigenvalue weighted by Crippen LogP contribution is -2.53. The maximum atomic E-state index is 12.1. The van der Waals surface area contributed by atoms with Crippen LogP contribution in [0.1, 0.15) is 39.5 Å². The summed E-state index contributed by atoms with van der Waals surface area (Å²) in [6.45, 7) is 2.86. The fourth-order valence-corrected chi connectivity index (χ4v) is 2.53. The van der Waals surface area contributed by atoms with E-state index >= 15 is 0 Å². The van der Waals surface area contributed by atoms with Crippen LogP contribution >= 0.6 is 0 Å². The number of hydrogen-bond donors (Lipinski definition) is 3. The smallest absolute Gasteiger partial charge is 0.323 e. The molecule has 0 aromatic carbocycles. The average molecular weight is 286 g/mol. The number of amides is 2. The van der Waals surface area contributed by atoms with Crippen molar-refractivity contribution in [1.82, 2.24) is 10.2 Å². The Balaban J connectivity index is 2.69. The van der Waals surface area contributed by atoms with Gasteiger partial charge in [0, 0.05) is 6.04 Å². The Bertz CT molecular complexity index is 378. The van der Waals surface area contributed by atoms with Gasteiger partial charge >= 0.3 is 18.0 Å². The first-order chi connectivity index (χ1) is 9.22. The molecular weight excluding hydrogens is 264 g/mol. The summed E-state index contributed by atoms with van der Waals surface area (Å²) in [4.78, 5) is 34.3. The number of hydrogen-bond acceptors (Lipinski definition) is 3. The number of nitrogens with zero attached hydrogens (tertiary/aromatic N) is 1. The van der Waals surface area contributed by atoms with Crippen LogP contribution in [0.25, 0.3) is 0 Å². The lowest BCUT2D eigenvalue weighted by molar-refractivity contribution is -0.140. The number of urea groups is 1. The highest BCUT2D eigenvalue weighted by molar-refractivity contribution is 5.84. The van der Waals surface area contributed by atoms with E-state index in [0.29, 0.717) is 0 Å². The van der Waals surface area contributed by atoms with Gasteiger partial charge in [0.1, 0.15) is 13.1 Å². The van der Waals surface area contributed by atoms with Crippen molar-refractivity contribution in [2.45, 2.75) is 45.6 Å². The Kier molecular flexibility index (Phi) is 5.35. The molecule has 0 spiro atoms. The van der Waals surface area contributed by atoms with Crippen molar-refractivity contribution < 1.29 is 24.6 Å². The van der Waals surface area contributed by atoms with Gasteiger partial charge in [-0.15, -0.1) is 0 Å². The Hall–Kier alpha value is -1.79. The summed E-state index contributed by atoms with van der Waals surface area (Å²) in [7, 11) is 0. The molecule has 114 valence electrons. The molecule has 0 aromatic rings. The van der Waals surface area contributed by atoms with Crippen LogP contribution in [0.15, 0.2) is 0 Å². The maximum Gasteiger partial charge on any atom is 0.323 e. The van der Waals surface area contributed by atoms with Crippen molar-refractivity contribution in [1.29, 1.82) is 0 Å². The van der Waals surface area contributed by atoms with Crippen molar-refractivity contribution in [2.24, 2.45) is 5.41 Å². The third-order valence-electron chi connectivity index (χ3n) is 3.74. The van der Waals surface area contributed by atoms with Gasteiger partial charge in [-0.3, -0.25) is 9.59 Å². The van der Waals surface area contributed by atoms with Gasteiger partial charge in [0.15, 0.2) is 0 Å². The first kappa shape index (κ1) is 16.3. The van der Waals surface area contributed by atoms with Crippen LogP contribution in [0.5, 0.6) is 0 Å². The molecule has 1 rings (SSSR count). The molecule has 1 atom stereocenters. The Morgan fingerprint density at radius 1 is 1.15 bits per heavy atom. The highest BCUT2D eigenvalue weighted by Gasteiger charge is 2.34. The van der Waals surface area contributed by atoms with E-state index in [2.05, 4.69) is 19.2 Å². The van der Waals surface area contributed by atoms with Crippen LogP contribution in [0, 0.1) is 5.41 Å². The van der Waals surface area contributed by atoms with E-state index < -0.39 is 31.1 Å². The van der Waals surface area contributed by atoms with E-state index in [1.165, 1.54) is 0 Å². The normalized spacial score (nSPS) is 21.0. The van der Waals surface area contributed by atoms with Crippen LogP contribution < -0.4 is 5.32 Å². The molecule has 2 amide bonds. The monoisotopic (exact) mass is 286 g/mol. The van der Waals surface area contributed by atoms with E-state index in [1.54, 1.807) is 0 Å². The second kappa shape index (κ2) is 6.58. The third kappa shape index (κ3) is 4.71. The molecule has 1 aliphatic carbocycles. The highest BCUT2D eigenvalue weighted by Crippen LogP contribution is 2.35. The van der Waals surface area contributed by atoms with Crippen LogP contribution in [-0.4, -0.2) is 52.2 Å². The topological polar surface area (TPSA) is 107 Å². The molecule has 20 heavy (non-hydrogen) atoms. The number of carboxylic acid groups (broad SMARTS) is 2. The Labute approximate surface area is 117 Å². The van der Waals surface area contributed by atoms with Crippen LogP contribution in [0.3, 0.4) is 0 Å². The third-order valence-corrected chi connectivity index (χ3v) is 3.74. The van der Waals surface area contributed by atoms with Crippen molar-refractivity contribution in [3.63, 3.8) is 0 Å². The fourth-order valence-electron chi connectivity index (χ4n) is 2.53.